The Balaban J connectivity index is 1.47. The number of halogens is 3. The minimum atomic E-state index is -4.37. The van der Waals surface area contributed by atoms with E-state index in [-0.39, 0.29) is 11.8 Å². The molecular weight excluding hydrogens is 393 g/mol. The van der Waals surface area contributed by atoms with Crippen molar-refractivity contribution in [2.24, 2.45) is 5.92 Å². The Morgan fingerprint density at radius 1 is 1.00 bits per heavy atom. The van der Waals surface area contributed by atoms with Crippen molar-refractivity contribution in [3.05, 3.63) is 41.6 Å². The molecule has 1 amide bonds. The summed E-state index contributed by atoms with van der Waals surface area (Å²) < 4.78 is 38.4. The second-order valence-corrected chi connectivity index (χ2v) is 8.06. The molecule has 1 saturated heterocycles. The molecule has 2 aliphatic rings. The number of aromatic nitrogens is 2. The molecule has 8 heteroatoms. The van der Waals surface area contributed by atoms with Crippen LogP contribution in [0.15, 0.2) is 30.3 Å². The summed E-state index contributed by atoms with van der Waals surface area (Å²) in [5, 5.41) is 0. The van der Waals surface area contributed by atoms with E-state index in [4.69, 9.17) is 0 Å². The van der Waals surface area contributed by atoms with Gasteiger partial charge in [-0.3, -0.25) is 4.79 Å². The molecule has 2 heterocycles. The summed E-state index contributed by atoms with van der Waals surface area (Å²) >= 11 is 0. The van der Waals surface area contributed by atoms with Gasteiger partial charge in [0.05, 0.1) is 5.56 Å². The normalized spacial score (nSPS) is 18.1. The Hall–Kier alpha value is -2.64. The van der Waals surface area contributed by atoms with Gasteiger partial charge in [-0.25, -0.2) is 9.97 Å². The number of anilines is 1. The van der Waals surface area contributed by atoms with Crippen molar-refractivity contribution in [2.75, 3.05) is 31.1 Å². The van der Waals surface area contributed by atoms with Gasteiger partial charge in [0.25, 0.3) is 0 Å². The van der Waals surface area contributed by atoms with Crippen molar-refractivity contribution >= 4 is 11.7 Å². The van der Waals surface area contributed by atoms with Gasteiger partial charge in [0, 0.05) is 49.4 Å². The molecule has 2 aromatic rings. The van der Waals surface area contributed by atoms with E-state index < -0.39 is 11.7 Å². The first-order valence-electron chi connectivity index (χ1n) is 10.4. The van der Waals surface area contributed by atoms with E-state index in [1.807, 2.05) is 17.9 Å². The van der Waals surface area contributed by atoms with E-state index in [0.29, 0.717) is 37.6 Å². The Labute approximate surface area is 173 Å². The third-order valence-electron chi connectivity index (χ3n) is 5.93. The third-order valence-corrected chi connectivity index (χ3v) is 5.93. The van der Waals surface area contributed by atoms with Crippen LogP contribution in [0.4, 0.5) is 19.0 Å². The average molecular weight is 418 g/mol. The zero-order chi connectivity index (χ0) is 21.3. The molecule has 0 N–H and O–H groups in total. The van der Waals surface area contributed by atoms with Crippen LogP contribution in [-0.2, 0) is 11.0 Å². The van der Waals surface area contributed by atoms with E-state index in [0.717, 1.165) is 49.3 Å². The molecule has 0 spiro atoms. The first kappa shape index (κ1) is 20.6. The lowest BCUT2D eigenvalue weighted by atomic mass is 10.1. The molecule has 5 nitrogen and oxygen atoms in total. The number of aryl methyl sites for hydroxylation is 1. The molecule has 1 aliphatic heterocycles. The maximum Gasteiger partial charge on any atom is 0.416 e. The second-order valence-electron chi connectivity index (χ2n) is 8.06. The van der Waals surface area contributed by atoms with Crippen molar-refractivity contribution in [3.8, 4) is 11.4 Å². The fourth-order valence-corrected chi connectivity index (χ4v) is 4.24. The van der Waals surface area contributed by atoms with Crippen molar-refractivity contribution in [3.63, 3.8) is 0 Å². The van der Waals surface area contributed by atoms with Gasteiger partial charge >= 0.3 is 6.18 Å². The van der Waals surface area contributed by atoms with E-state index in [2.05, 4.69) is 14.9 Å². The minimum absolute atomic E-state index is 0.184. The molecule has 160 valence electrons. The highest BCUT2D eigenvalue weighted by Gasteiger charge is 2.31. The molecule has 1 aromatic carbocycles. The fraction of sp³-hybridized carbons (Fsp3) is 0.500. The van der Waals surface area contributed by atoms with Crippen LogP contribution < -0.4 is 4.90 Å². The van der Waals surface area contributed by atoms with E-state index in [1.54, 1.807) is 0 Å². The van der Waals surface area contributed by atoms with Crippen molar-refractivity contribution in [1.29, 1.82) is 0 Å². The number of carbonyl (C=O) groups is 1. The van der Waals surface area contributed by atoms with Crippen LogP contribution in [0.5, 0.6) is 0 Å². The Morgan fingerprint density at radius 3 is 2.23 bits per heavy atom. The maximum atomic E-state index is 12.8. The lowest BCUT2D eigenvalue weighted by Crippen LogP contribution is -2.50. The minimum Gasteiger partial charge on any atom is -0.353 e. The SMILES string of the molecule is Cc1cc(N2CCN(C(=O)C3CCCC3)CC2)nc(-c2ccc(C(F)(F)F)cc2)n1. The van der Waals surface area contributed by atoms with E-state index >= 15 is 0 Å². The van der Waals surface area contributed by atoms with Crippen LogP contribution in [0, 0.1) is 12.8 Å². The number of nitrogens with zero attached hydrogens (tertiary/aromatic N) is 4. The maximum absolute atomic E-state index is 12.8. The highest BCUT2D eigenvalue weighted by molar-refractivity contribution is 5.79. The smallest absolute Gasteiger partial charge is 0.353 e. The van der Waals surface area contributed by atoms with Gasteiger partial charge in [-0.05, 0) is 31.9 Å². The second kappa shape index (κ2) is 8.24. The first-order valence-corrected chi connectivity index (χ1v) is 10.4. The zero-order valence-electron chi connectivity index (χ0n) is 17.0. The Kier molecular flexibility index (Phi) is 5.66. The Morgan fingerprint density at radius 2 is 1.63 bits per heavy atom. The molecule has 0 radical (unpaired) electrons. The van der Waals surface area contributed by atoms with Gasteiger partial charge in [0.1, 0.15) is 5.82 Å². The average Bonchev–Trinajstić information content (AvgIpc) is 3.27. The van der Waals surface area contributed by atoms with Crippen molar-refractivity contribution in [2.45, 2.75) is 38.8 Å². The topological polar surface area (TPSA) is 49.3 Å². The van der Waals surface area contributed by atoms with Gasteiger partial charge in [-0.2, -0.15) is 13.2 Å². The molecule has 1 aromatic heterocycles. The number of carbonyl (C=O) groups excluding carboxylic acids is 1. The molecule has 0 unspecified atom stereocenters. The fourth-order valence-electron chi connectivity index (χ4n) is 4.24. The number of hydrogen-bond acceptors (Lipinski definition) is 4. The quantitative estimate of drug-likeness (QED) is 0.745. The monoisotopic (exact) mass is 418 g/mol. The van der Waals surface area contributed by atoms with Crippen LogP contribution in [0.1, 0.15) is 36.9 Å². The highest BCUT2D eigenvalue weighted by atomic mass is 19.4. The lowest BCUT2D eigenvalue weighted by molar-refractivity contribution is -0.137. The summed E-state index contributed by atoms with van der Waals surface area (Å²) in [6.45, 7) is 4.53. The van der Waals surface area contributed by atoms with Gasteiger partial charge in [0.2, 0.25) is 5.91 Å². The van der Waals surface area contributed by atoms with Crippen molar-refractivity contribution < 1.29 is 18.0 Å². The molecule has 1 saturated carbocycles. The van der Waals surface area contributed by atoms with Crippen molar-refractivity contribution in [1.82, 2.24) is 14.9 Å². The Bertz CT molecular complexity index is 900. The van der Waals surface area contributed by atoms with Crippen LogP contribution in [0.2, 0.25) is 0 Å². The number of benzene rings is 1. The predicted molar refractivity (Wildman–Crippen MR) is 108 cm³/mol. The largest absolute Gasteiger partial charge is 0.416 e. The molecule has 0 bridgehead atoms. The summed E-state index contributed by atoms with van der Waals surface area (Å²) in [6.07, 6.45) is -0.0827. The number of rotatable bonds is 3. The van der Waals surface area contributed by atoms with Gasteiger partial charge < -0.3 is 9.80 Å². The number of amides is 1. The van der Waals surface area contributed by atoms with Crippen LogP contribution in [0.25, 0.3) is 11.4 Å². The lowest BCUT2D eigenvalue weighted by Gasteiger charge is -2.36. The highest BCUT2D eigenvalue weighted by Crippen LogP contribution is 2.31. The summed E-state index contributed by atoms with van der Waals surface area (Å²) in [5.41, 5.74) is 0.601. The van der Waals surface area contributed by atoms with E-state index in [1.165, 1.54) is 12.1 Å². The third kappa shape index (κ3) is 4.42. The van der Waals surface area contributed by atoms with E-state index in [9.17, 15) is 18.0 Å². The standard InChI is InChI=1S/C22H25F3N4O/c1-15-14-19(27-20(26-15)16-6-8-18(9-7-16)22(23,24)25)28-10-12-29(13-11-28)21(30)17-4-2-3-5-17/h6-9,14,17H,2-5,10-13H2,1H3. The summed E-state index contributed by atoms with van der Waals surface area (Å²) in [7, 11) is 0. The summed E-state index contributed by atoms with van der Waals surface area (Å²) in [4.78, 5) is 25.7. The summed E-state index contributed by atoms with van der Waals surface area (Å²) in [5.74, 6) is 1.61. The number of alkyl halides is 3. The summed E-state index contributed by atoms with van der Waals surface area (Å²) in [6, 6.07) is 6.78. The van der Waals surface area contributed by atoms with Crippen LogP contribution >= 0.6 is 0 Å². The van der Waals surface area contributed by atoms with Crippen LogP contribution in [0.3, 0.4) is 0 Å². The number of hydrogen-bond donors (Lipinski definition) is 0. The molecule has 0 atom stereocenters. The van der Waals surface area contributed by atoms with Gasteiger partial charge in [-0.15, -0.1) is 0 Å². The molecule has 4 rings (SSSR count). The van der Waals surface area contributed by atoms with Gasteiger partial charge in [0.15, 0.2) is 5.82 Å². The van der Waals surface area contributed by atoms with Crippen LogP contribution in [-0.4, -0.2) is 47.0 Å². The first-order chi connectivity index (χ1) is 14.3. The molecule has 2 fully saturated rings. The number of piperazine rings is 1. The predicted octanol–water partition coefficient (Wildman–Crippen LogP) is 4.31. The van der Waals surface area contributed by atoms with Gasteiger partial charge in [-0.1, -0.05) is 25.0 Å². The molecule has 1 aliphatic carbocycles. The molecular formula is C22H25F3N4O. The molecule has 30 heavy (non-hydrogen) atoms. The zero-order valence-corrected chi connectivity index (χ0v) is 17.0.